The minimum absolute atomic E-state index is 0.0224. The summed E-state index contributed by atoms with van der Waals surface area (Å²) in [5.41, 5.74) is 1.70. The molecule has 0 radical (unpaired) electrons. The maximum Gasteiger partial charge on any atom is 0.307 e. The molecule has 0 unspecified atom stereocenters. The summed E-state index contributed by atoms with van der Waals surface area (Å²) in [5.74, 6) is 0.586. The van der Waals surface area contributed by atoms with Gasteiger partial charge in [0.1, 0.15) is 11.5 Å². The first-order chi connectivity index (χ1) is 8.65. The molecule has 4 heteroatoms. The molecule has 2 rings (SSSR count). The van der Waals surface area contributed by atoms with E-state index in [1.165, 1.54) is 0 Å². The zero-order chi connectivity index (χ0) is 13.0. The Morgan fingerprint density at radius 2 is 2.00 bits per heavy atom. The van der Waals surface area contributed by atoms with Crippen molar-refractivity contribution in [2.75, 3.05) is 0 Å². The molecule has 0 saturated heterocycles. The van der Waals surface area contributed by atoms with Crippen molar-refractivity contribution < 1.29 is 14.6 Å². The van der Waals surface area contributed by atoms with E-state index in [2.05, 4.69) is 4.98 Å². The summed E-state index contributed by atoms with van der Waals surface area (Å²) >= 11 is 0. The van der Waals surface area contributed by atoms with Crippen LogP contribution in [-0.4, -0.2) is 16.1 Å². The lowest BCUT2D eigenvalue weighted by molar-refractivity contribution is -0.136. The Labute approximate surface area is 105 Å². The number of hydrogen-bond donors (Lipinski definition) is 1. The Morgan fingerprint density at radius 3 is 2.61 bits per heavy atom. The zero-order valence-electron chi connectivity index (χ0n) is 9.96. The molecule has 0 spiro atoms. The van der Waals surface area contributed by atoms with Crippen LogP contribution < -0.4 is 4.74 Å². The maximum atomic E-state index is 10.6. The lowest BCUT2D eigenvalue weighted by Gasteiger charge is -2.08. The van der Waals surface area contributed by atoms with Crippen LogP contribution in [0.15, 0.2) is 42.7 Å². The molecule has 0 bridgehead atoms. The van der Waals surface area contributed by atoms with E-state index in [9.17, 15) is 4.79 Å². The molecule has 0 atom stereocenters. The molecular weight excluding hydrogens is 230 g/mol. The van der Waals surface area contributed by atoms with E-state index < -0.39 is 5.97 Å². The normalized spacial score (nSPS) is 10.1. The standard InChI is InChI=1S/C14H13NO3/c1-10-9-15-7-6-13(10)18-12-4-2-11(3-5-12)8-14(16)17/h2-7,9H,8H2,1H3,(H,16,17). The van der Waals surface area contributed by atoms with Crippen LogP contribution in [0.25, 0.3) is 0 Å². The van der Waals surface area contributed by atoms with Crippen LogP contribution >= 0.6 is 0 Å². The molecule has 0 aliphatic heterocycles. The first-order valence-corrected chi connectivity index (χ1v) is 5.54. The third kappa shape index (κ3) is 3.07. The van der Waals surface area contributed by atoms with E-state index >= 15 is 0 Å². The summed E-state index contributed by atoms with van der Waals surface area (Å²) in [4.78, 5) is 14.5. The van der Waals surface area contributed by atoms with Crippen LogP contribution in [0.4, 0.5) is 0 Å². The Kier molecular flexibility index (Phi) is 3.57. The second kappa shape index (κ2) is 5.31. The highest BCUT2D eigenvalue weighted by Gasteiger charge is 2.03. The Hall–Kier alpha value is -2.36. The van der Waals surface area contributed by atoms with Crippen molar-refractivity contribution in [2.24, 2.45) is 0 Å². The molecule has 4 nitrogen and oxygen atoms in total. The Bertz CT molecular complexity index is 549. The maximum absolute atomic E-state index is 10.6. The lowest BCUT2D eigenvalue weighted by atomic mass is 10.1. The number of carboxylic acid groups (broad SMARTS) is 1. The number of ether oxygens (including phenoxy) is 1. The number of aliphatic carboxylic acids is 1. The van der Waals surface area contributed by atoms with E-state index in [1.54, 1.807) is 42.7 Å². The molecule has 0 aliphatic carbocycles. The molecule has 1 N–H and O–H groups in total. The summed E-state index contributed by atoms with van der Waals surface area (Å²) in [6.07, 6.45) is 3.42. The van der Waals surface area contributed by atoms with Gasteiger partial charge in [-0.25, -0.2) is 0 Å². The molecular formula is C14H13NO3. The van der Waals surface area contributed by atoms with Crippen molar-refractivity contribution in [3.8, 4) is 11.5 Å². The number of benzene rings is 1. The molecule has 92 valence electrons. The molecule has 0 saturated carbocycles. The van der Waals surface area contributed by atoms with Crippen molar-refractivity contribution in [1.29, 1.82) is 0 Å². The minimum atomic E-state index is -0.839. The van der Waals surface area contributed by atoms with E-state index in [1.807, 2.05) is 6.92 Å². The fourth-order valence-corrected chi connectivity index (χ4v) is 1.55. The summed E-state index contributed by atoms with van der Waals surface area (Å²) in [5, 5.41) is 8.67. The van der Waals surface area contributed by atoms with Gasteiger partial charge in [-0.3, -0.25) is 9.78 Å². The molecule has 0 amide bonds. The van der Waals surface area contributed by atoms with Crippen LogP contribution in [0.2, 0.25) is 0 Å². The van der Waals surface area contributed by atoms with Crippen molar-refractivity contribution in [1.82, 2.24) is 4.98 Å². The van der Waals surface area contributed by atoms with Crippen molar-refractivity contribution in [3.63, 3.8) is 0 Å². The topological polar surface area (TPSA) is 59.4 Å². The molecule has 1 aromatic heterocycles. The zero-order valence-corrected chi connectivity index (χ0v) is 9.96. The van der Waals surface area contributed by atoms with Gasteiger partial charge in [-0.1, -0.05) is 12.1 Å². The molecule has 2 aromatic rings. The first-order valence-electron chi connectivity index (χ1n) is 5.54. The van der Waals surface area contributed by atoms with E-state index in [-0.39, 0.29) is 6.42 Å². The van der Waals surface area contributed by atoms with Gasteiger partial charge in [0.15, 0.2) is 0 Å². The van der Waals surface area contributed by atoms with Crippen LogP contribution in [0.1, 0.15) is 11.1 Å². The van der Waals surface area contributed by atoms with E-state index in [0.29, 0.717) is 5.75 Å². The van der Waals surface area contributed by atoms with Crippen LogP contribution in [0.5, 0.6) is 11.5 Å². The van der Waals surface area contributed by atoms with E-state index in [4.69, 9.17) is 9.84 Å². The van der Waals surface area contributed by atoms with Gasteiger partial charge in [0, 0.05) is 18.0 Å². The third-order valence-electron chi connectivity index (χ3n) is 2.48. The number of aryl methyl sites for hydroxylation is 1. The number of nitrogens with zero attached hydrogens (tertiary/aromatic N) is 1. The SMILES string of the molecule is Cc1cnccc1Oc1ccc(CC(=O)O)cc1. The number of aromatic nitrogens is 1. The summed E-state index contributed by atoms with van der Waals surface area (Å²) in [6, 6.07) is 8.82. The van der Waals surface area contributed by atoms with Gasteiger partial charge in [-0.15, -0.1) is 0 Å². The van der Waals surface area contributed by atoms with Crippen molar-refractivity contribution >= 4 is 5.97 Å². The summed E-state index contributed by atoms with van der Waals surface area (Å²) < 4.78 is 5.68. The van der Waals surface area contributed by atoms with Gasteiger partial charge >= 0.3 is 5.97 Å². The lowest BCUT2D eigenvalue weighted by Crippen LogP contribution is -1.99. The number of rotatable bonds is 4. The first kappa shape index (κ1) is 12.1. The monoisotopic (exact) mass is 243 g/mol. The molecule has 0 fully saturated rings. The molecule has 0 aliphatic rings. The fraction of sp³-hybridized carbons (Fsp3) is 0.143. The van der Waals surface area contributed by atoms with Crippen LogP contribution in [-0.2, 0) is 11.2 Å². The van der Waals surface area contributed by atoms with E-state index in [0.717, 1.165) is 16.9 Å². The molecule has 18 heavy (non-hydrogen) atoms. The van der Waals surface area contributed by atoms with Crippen LogP contribution in [0.3, 0.4) is 0 Å². The Balaban J connectivity index is 2.11. The van der Waals surface area contributed by atoms with Crippen LogP contribution in [0, 0.1) is 6.92 Å². The number of hydrogen-bond acceptors (Lipinski definition) is 3. The highest BCUT2D eigenvalue weighted by atomic mass is 16.5. The number of carbonyl (C=O) groups is 1. The van der Waals surface area contributed by atoms with Crippen molar-refractivity contribution in [3.05, 3.63) is 53.9 Å². The molecule has 1 heterocycles. The highest BCUT2D eigenvalue weighted by molar-refractivity contribution is 5.70. The molecule has 1 aromatic carbocycles. The summed E-state index contributed by atoms with van der Waals surface area (Å²) in [7, 11) is 0. The average Bonchev–Trinajstić information content (AvgIpc) is 2.34. The van der Waals surface area contributed by atoms with Crippen molar-refractivity contribution in [2.45, 2.75) is 13.3 Å². The van der Waals surface area contributed by atoms with Gasteiger partial charge in [-0.2, -0.15) is 0 Å². The summed E-state index contributed by atoms with van der Waals surface area (Å²) in [6.45, 7) is 1.92. The predicted octanol–water partition coefficient (Wildman–Crippen LogP) is 2.81. The van der Waals surface area contributed by atoms with Gasteiger partial charge in [0.2, 0.25) is 0 Å². The largest absolute Gasteiger partial charge is 0.481 e. The van der Waals surface area contributed by atoms with Gasteiger partial charge < -0.3 is 9.84 Å². The van der Waals surface area contributed by atoms with Gasteiger partial charge in [0.05, 0.1) is 6.42 Å². The Morgan fingerprint density at radius 1 is 1.28 bits per heavy atom. The van der Waals surface area contributed by atoms with Gasteiger partial charge in [0.25, 0.3) is 0 Å². The fourth-order valence-electron chi connectivity index (χ4n) is 1.55. The number of pyridine rings is 1. The quantitative estimate of drug-likeness (QED) is 0.897. The highest BCUT2D eigenvalue weighted by Crippen LogP contribution is 2.24. The second-order valence-electron chi connectivity index (χ2n) is 3.96. The second-order valence-corrected chi connectivity index (χ2v) is 3.96. The smallest absolute Gasteiger partial charge is 0.307 e. The predicted molar refractivity (Wildman–Crippen MR) is 66.8 cm³/mol. The minimum Gasteiger partial charge on any atom is -0.481 e. The third-order valence-corrected chi connectivity index (χ3v) is 2.48. The van der Waals surface area contributed by atoms with Gasteiger partial charge in [-0.05, 0) is 30.7 Å². The number of carboxylic acids is 1. The average molecular weight is 243 g/mol.